The number of carbonyl (C=O) groups excluding carboxylic acids is 1. The van der Waals surface area contributed by atoms with Crippen molar-refractivity contribution in [2.45, 2.75) is 64.2 Å². The highest BCUT2D eigenvalue weighted by atomic mass is 19.1. The Labute approximate surface area is 228 Å². The van der Waals surface area contributed by atoms with E-state index in [1.807, 2.05) is 17.2 Å². The number of anilines is 2. The van der Waals surface area contributed by atoms with Crippen LogP contribution in [0.2, 0.25) is 0 Å². The maximum atomic E-state index is 14.8. The summed E-state index contributed by atoms with van der Waals surface area (Å²) in [5, 5.41) is 16.1. The minimum atomic E-state index is -1.43. The molecule has 6 rings (SSSR count). The molecule has 3 fully saturated rings. The third-order valence-electron chi connectivity index (χ3n) is 8.38. The van der Waals surface area contributed by atoms with E-state index >= 15 is 0 Å². The molecule has 0 unspecified atom stereocenters. The molecular weight excluding hydrogens is 497 g/mol. The summed E-state index contributed by atoms with van der Waals surface area (Å²) >= 11 is 0. The van der Waals surface area contributed by atoms with Gasteiger partial charge in [-0.1, -0.05) is 6.92 Å². The lowest BCUT2D eigenvalue weighted by molar-refractivity contribution is 0.128. The lowest BCUT2D eigenvalue weighted by Gasteiger charge is -2.40. The number of amides is 2. The van der Waals surface area contributed by atoms with Crippen LogP contribution < -0.4 is 10.2 Å². The summed E-state index contributed by atoms with van der Waals surface area (Å²) < 4.78 is 16.5. The topological polar surface area (TPSA) is 98.2 Å². The average Bonchev–Trinajstić information content (AvgIpc) is 3.27. The highest BCUT2D eigenvalue weighted by Crippen LogP contribution is 2.50. The Bertz CT molecular complexity index is 1360. The minimum absolute atomic E-state index is 0.0211. The average molecular weight is 538 g/mol. The first-order valence-electron chi connectivity index (χ1n) is 14.1. The standard InChI is InChI=1S/C28H40FN9O/c1-18-6-9-37(28(11-18)7-8-28)26(39)32-22-13-31-33-24(22)21-10-23-20(12-30-21)25(34-38(23)17-27(2,3)29)36-15-19(16-36)14-35(4)5/h10,12-13,18-19H,6-9,11,14-17H2,1-5H3,(H,31,33)(H,32,39)/t18-/m0/s1. The number of nitrogens with one attached hydrogen (secondary N) is 2. The molecule has 39 heavy (non-hydrogen) atoms. The van der Waals surface area contributed by atoms with E-state index in [-0.39, 0.29) is 18.1 Å². The van der Waals surface area contributed by atoms with Crippen molar-refractivity contribution >= 4 is 28.4 Å². The molecule has 1 atom stereocenters. The monoisotopic (exact) mass is 537 g/mol. The first-order valence-corrected chi connectivity index (χ1v) is 14.1. The first-order chi connectivity index (χ1) is 18.5. The summed E-state index contributed by atoms with van der Waals surface area (Å²) in [4.78, 5) is 24.5. The maximum absolute atomic E-state index is 14.8. The van der Waals surface area contributed by atoms with Gasteiger partial charge in [0.25, 0.3) is 0 Å². The second kappa shape index (κ2) is 9.46. The van der Waals surface area contributed by atoms with Crippen LogP contribution in [-0.2, 0) is 6.54 Å². The normalized spacial score (nSPS) is 21.2. The number of hydrogen-bond acceptors (Lipinski definition) is 6. The predicted molar refractivity (Wildman–Crippen MR) is 151 cm³/mol. The molecule has 2 amide bonds. The highest BCUT2D eigenvalue weighted by Gasteiger charge is 2.52. The zero-order valence-corrected chi connectivity index (χ0v) is 23.7. The van der Waals surface area contributed by atoms with Gasteiger partial charge in [-0.25, -0.2) is 9.18 Å². The fourth-order valence-corrected chi connectivity index (χ4v) is 6.42. The molecule has 2 saturated heterocycles. The molecule has 0 radical (unpaired) electrons. The van der Waals surface area contributed by atoms with E-state index in [0.717, 1.165) is 68.6 Å². The molecule has 2 aliphatic heterocycles. The third kappa shape index (κ3) is 5.08. The number of halogens is 1. The lowest BCUT2D eigenvalue weighted by Crippen LogP contribution is -2.51. The summed E-state index contributed by atoms with van der Waals surface area (Å²) in [6, 6.07) is 1.84. The molecule has 11 heteroatoms. The molecule has 0 aromatic carbocycles. The number of nitrogens with zero attached hydrogens (tertiary/aromatic N) is 7. The van der Waals surface area contributed by atoms with Gasteiger partial charge in [-0.15, -0.1) is 0 Å². The number of aromatic amines is 1. The van der Waals surface area contributed by atoms with Crippen molar-refractivity contribution in [1.82, 2.24) is 34.8 Å². The van der Waals surface area contributed by atoms with Crippen LogP contribution >= 0.6 is 0 Å². The second-order valence-electron chi connectivity index (χ2n) is 12.9. The molecule has 10 nitrogen and oxygen atoms in total. The van der Waals surface area contributed by atoms with E-state index in [1.54, 1.807) is 24.7 Å². The number of rotatable bonds is 7. The van der Waals surface area contributed by atoms with Crippen molar-refractivity contribution in [3.05, 3.63) is 18.5 Å². The number of aromatic nitrogens is 5. The first kappa shape index (κ1) is 26.0. The zero-order valence-electron chi connectivity index (χ0n) is 23.7. The molecule has 1 saturated carbocycles. The molecule has 0 bridgehead atoms. The number of likely N-dealkylation sites (tertiary alicyclic amines) is 1. The Morgan fingerprint density at radius 1 is 1.28 bits per heavy atom. The van der Waals surface area contributed by atoms with Gasteiger partial charge in [0, 0.05) is 43.8 Å². The van der Waals surface area contributed by atoms with Crippen molar-refractivity contribution in [1.29, 1.82) is 0 Å². The van der Waals surface area contributed by atoms with Crippen LogP contribution in [0.25, 0.3) is 22.3 Å². The van der Waals surface area contributed by atoms with Crippen molar-refractivity contribution in [2.75, 3.05) is 50.5 Å². The Hall–Kier alpha value is -3.21. The largest absolute Gasteiger partial charge is 0.354 e. The molecule has 1 aliphatic carbocycles. The van der Waals surface area contributed by atoms with Crippen LogP contribution in [0.3, 0.4) is 0 Å². The van der Waals surface area contributed by atoms with Crippen LogP contribution in [0.15, 0.2) is 18.5 Å². The van der Waals surface area contributed by atoms with Crippen molar-refractivity contribution in [3.8, 4) is 11.4 Å². The van der Waals surface area contributed by atoms with E-state index in [2.05, 4.69) is 46.3 Å². The van der Waals surface area contributed by atoms with E-state index in [0.29, 0.717) is 28.9 Å². The van der Waals surface area contributed by atoms with Crippen LogP contribution in [-0.4, -0.2) is 92.3 Å². The Morgan fingerprint density at radius 2 is 2.05 bits per heavy atom. The fraction of sp³-hybridized carbons (Fsp3) is 0.643. The number of urea groups is 1. The summed E-state index contributed by atoms with van der Waals surface area (Å²) in [5.41, 5.74) is 1.25. The molecule has 3 aromatic heterocycles. The lowest BCUT2D eigenvalue weighted by atomic mass is 9.91. The predicted octanol–water partition coefficient (Wildman–Crippen LogP) is 4.36. The molecule has 2 N–H and O–H groups in total. The van der Waals surface area contributed by atoms with E-state index in [9.17, 15) is 9.18 Å². The fourth-order valence-electron chi connectivity index (χ4n) is 6.42. The number of alkyl halides is 1. The van der Waals surface area contributed by atoms with Crippen molar-refractivity contribution < 1.29 is 9.18 Å². The molecular formula is C28H40FN9O. The van der Waals surface area contributed by atoms with Crippen LogP contribution in [0, 0.1) is 11.8 Å². The Balaban J connectivity index is 1.27. The van der Waals surface area contributed by atoms with Crippen LogP contribution in [0.4, 0.5) is 20.7 Å². The van der Waals surface area contributed by atoms with Crippen LogP contribution in [0.1, 0.15) is 46.5 Å². The third-order valence-corrected chi connectivity index (χ3v) is 8.38. The molecule has 3 aliphatic rings. The van der Waals surface area contributed by atoms with Gasteiger partial charge in [0.1, 0.15) is 11.4 Å². The molecule has 210 valence electrons. The van der Waals surface area contributed by atoms with E-state index in [1.165, 1.54) is 0 Å². The van der Waals surface area contributed by atoms with Gasteiger partial charge in [0.15, 0.2) is 5.82 Å². The van der Waals surface area contributed by atoms with Gasteiger partial charge in [-0.05, 0) is 65.6 Å². The summed E-state index contributed by atoms with van der Waals surface area (Å²) in [7, 11) is 4.18. The van der Waals surface area contributed by atoms with Gasteiger partial charge in [-0.3, -0.25) is 14.8 Å². The number of piperidine rings is 1. The number of pyridine rings is 1. The van der Waals surface area contributed by atoms with Gasteiger partial charge in [-0.2, -0.15) is 10.2 Å². The quantitative estimate of drug-likeness (QED) is 0.465. The van der Waals surface area contributed by atoms with Crippen molar-refractivity contribution in [3.63, 3.8) is 0 Å². The van der Waals surface area contributed by atoms with Gasteiger partial charge in [0.2, 0.25) is 0 Å². The minimum Gasteiger partial charge on any atom is -0.354 e. The van der Waals surface area contributed by atoms with Gasteiger partial charge < -0.3 is 20.0 Å². The number of carbonyl (C=O) groups is 1. The SMILES string of the molecule is C[C@H]1CCN(C(=O)Nc2cn[nH]c2-c2cc3c(cn2)c(N2CC(CN(C)C)C2)nn3CC(C)(C)F)C2(CC2)C1. The molecule has 5 heterocycles. The number of fused-ring (bicyclic) bond motifs is 1. The van der Waals surface area contributed by atoms with Gasteiger partial charge in [0.05, 0.1) is 35.0 Å². The summed E-state index contributed by atoms with van der Waals surface area (Å²) in [5.74, 6) is 2.07. The molecule has 1 spiro atoms. The summed E-state index contributed by atoms with van der Waals surface area (Å²) in [6.07, 6.45) is 7.68. The van der Waals surface area contributed by atoms with Gasteiger partial charge >= 0.3 is 6.03 Å². The smallest absolute Gasteiger partial charge is 0.322 e. The Morgan fingerprint density at radius 3 is 2.74 bits per heavy atom. The van der Waals surface area contributed by atoms with E-state index < -0.39 is 5.67 Å². The zero-order chi connectivity index (χ0) is 27.5. The molecule has 3 aromatic rings. The maximum Gasteiger partial charge on any atom is 0.322 e. The highest BCUT2D eigenvalue weighted by molar-refractivity contribution is 5.96. The van der Waals surface area contributed by atoms with Crippen molar-refractivity contribution in [2.24, 2.45) is 11.8 Å². The van der Waals surface area contributed by atoms with Crippen LogP contribution in [0.5, 0.6) is 0 Å². The number of H-pyrrole nitrogens is 1. The number of hydrogen-bond donors (Lipinski definition) is 2. The van der Waals surface area contributed by atoms with E-state index in [4.69, 9.17) is 10.1 Å². The second-order valence-corrected chi connectivity index (χ2v) is 12.9. The summed E-state index contributed by atoms with van der Waals surface area (Å²) in [6.45, 7) is 9.17. The Kier molecular flexibility index (Phi) is 6.32.